The molecule has 0 aliphatic rings. The van der Waals surface area contributed by atoms with Gasteiger partial charge in [-0.15, -0.1) is 0 Å². The first-order chi connectivity index (χ1) is 4.31. The molecule has 0 N–H and O–H groups in total. The average molecular weight is 146 g/mol. The fourth-order valence-corrected chi connectivity index (χ4v) is 0.726. The van der Waals surface area contributed by atoms with Crippen molar-refractivity contribution in [2.75, 3.05) is 6.61 Å². The molecule has 3 nitrogen and oxygen atoms in total. The van der Waals surface area contributed by atoms with Crippen LogP contribution in [-0.2, 0) is 13.6 Å². The van der Waals surface area contributed by atoms with E-state index >= 15 is 0 Å². The number of carbonyl (C=O) groups is 1. The fraction of sp³-hybridized carbons (Fsp3) is 0.400. The van der Waals surface area contributed by atoms with E-state index in [4.69, 9.17) is 4.43 Å². The van der Waals surface area contributed by atoms with Crippen LogP contribution in [0.4, 0.5) is 0 Å². The number of hydrogen-bond donors (Lipinski definition) is 0. The van der Waals surface area contributed by atoms with E-state index in [1.54, 1.807) is 0 Å². The molecule has 4 heteroatoms. The topological polar surface area (TPSA) is 35.5 Å². The van der Waals surface area contributed by atoms with Gasteiger partial charge in [0.25, 0.3) is 0 Å². The van der Waals surface area contributed by atoms with E-state index in [1.807, 2.05) is 6.92 Å². The average Bonchev–Trinajstić information content (AvgIpc) is 1.89. The van der Waals surface area contributed by atoms with Gasteiger partial charge < -0.3 is 8.85 Å². The molecule has 0 heterocycles. The van der Waals surface area contributed by atoms with Gasteiger partial charge >= 0.3 is 16.0 Å². The summed E-state index contributed by atoms with van der Waals surface area (Å²) in [6.45, 7) is 5.70. The van der Waals surface area contributed by atoms with Crippen LogP contribution in [0.3, 0.4) is 0 Å². The van der Waals surface area contributed by atoms with Crippen molar-refractivity contribution in [2.45, 2.75) is 6.92 Å². The molecule has 0 bridgehead atoms. The van der Waals surface area contributed by atoms with Gasteiger partial charge in [0.1, 0.15) is 0 Å². The zero-order valence-electron chi connectivity index (χ0n) is 5.42. The summed E-state index contributed by atoms with van der Waals surface area (Å²) in [6.07, 6.45) is 1.13. The van der Waals surface area contributed by atoms with Crippen molar-refractivity contribution >= 4 is 16.0 Å². The van der Waals surface area contributed by atoms with E-state index in [1.165, 1.54) is 0 Å². The zero-order valence-corrected chi connectivity index (χ0v) is 6.84. The molecule has 0 rings (SSSR count). The SMILES string of the molecule is C=CC(=O)O[SiH2]OCC. The normalized spacial score (nSPS) is 9.89. The highest BCUT2D eigenvalue weighted by Gasteiger charge is 1.92. The summed E-state index contributed by atoms with van der Waals surface area (Å²) in [5, 5.41) is 0. The third kappa shape index (κ3) is 5.25. The lowest BCUT2D eigenvalue weighted by Gasteiger charge is -1.98. The van der Waals surface area contributed by atoms with Gasteiger partial charge in [0.15, 0.2) is 0 Å². The predicted octanol–water partition coefficient (Wildman–Crippen LogP) is -0.249. The van der Waals surface area contributed by atoms with Gasteiger partial charge in [-0.05, 0) is 6.92 Å². The van der Waals surface area contributed by atoms with Crippen molar-refractivity contribution in [1.29, 1.82) is 0 Å². The van der Waals surface area contributed by atoms with Crippen molar-refractivity contribution in [1.82, 2.24) is 0 Å². The lowest BCUT2D eigenvalue weighted by Crippen LogP contribution is -2.08. The fourth-order valence-electron chi connectivity index (χ4n) is 0.242. The van der Waals surface area contributed by atoms with Crippen LogP contribution in [0.15, 0.2) is 12.7 Å². The van der Waals surface area contributed by atoms with Crippen LogP contribution in [0.5, 0.6) is 0 Å². The summed E-state index contributed by atoms with van der Waals surface area (Å²) in [4.78, 5) is 10.3. The van der Waals surface area contributed by atoms with Crippen LogP contribution < -0.4 is 0 Å². The van der Waals surface area contributed by atoms with Gasteiger partial charge in [-0.2, -0.15) is 0 Å². The van der Waals surface area contributed by atoms with Gasteiger partial charge in [-0.25, -0.2) is 4.79 Å². The second kappa shape index (κ2) is 5.52. The Morgan fingerprint density at radius 2 is 2.56 bits per heavy atom. The maximum atomic E-state index is 10.3. The summed E-state index contributed by atoms with van der Waals surface area (Å²) < 4.78 is 9.45. The first-order valence-corrected chi connectivity index (χ1v) is 3.83. The van der Waals surface area contributed by atoms with E-state index < -0.39 is 16.0 Å². The molecule has 0 atom stereocenters. The first kappa shape index (κ1) is 8.39. The lowest BCUT2D eigenvalue weighted by molar-refractivity contribution is -0.129. The van der Waals surface area contributed by atoms with Gasteiger partial charge in [0.05, 0.1) is 0 Å². The monoisotopic (exact) mass is 146 g/mol. The van der Waals surface area contributed by atoms with Crippen molar-refractivity contribution in [3.8, 4) is 0 Å². The van der Waals surface area contributed by atoms with Gasteiger partial charge in [-0.3, -0.25) is 0 Å². The first-order valence-electron chi connectivity index (χ1n) is 2.68. The molecule has 0 unspecified atom stereocenters. The molecular weight excluding hydrogens is 136 g/mol. The second-order valence-corrected chi connectivity index (χ2v) is 2.21. The number of carbonyl (C=O) groups excluding carboxylic acids is 1. The number of hydrogen-bond acceptors (Lipinski definition) is 3. The summed E-state index contributed by atoms with van der Waals surface area (Å²) in [5.41, 5.74) is 0. The Morgan fingerprint density at radius 3 is 3.00 bits per heavy atom. The van der Waals surface area contributed by atoms with Crippen molar-refractivity contribution in [2.24, 2.45) is 0 Å². The highest BCUT2D eigenvalue weighted by molar-refractivity contribution is 6.23. The molecule has 0 aliphatic carbocycles. The minimum atomic E-state index is -1.07. The van der Waals surface area contributed by atoms with Crippen LogP contribution in [-0.4, -0.2) is 22.6 Å². The van der Waals surface area contributed by atoms with E-state index in [-0.39, 0.29) is 0 Å². The highest BCUT2D eigenvalue weighted by Crippen LogP contribution is 1.76. The van der Waals surface area contributed by atoms with Crippen LogP contribution in [0.2, 0.25) is 0 Å². The molecular formula is C5H10O3Si. The van der Waals surface area contributed by atoms with E-state index in [2.05, 4.69) is 11.0 Å². The standard InChI is InChI=1S/C5H10O3Si/c1-3-5(6)8-9-7-4-2/h3H,1,4,9H2,2H3. The Kier molecular flexibility index (Phi) is 5.15. The number of rotatable bonds is 4. The summed E-state index contributed by atoms with van der Waals surface area (Å²) >= 11 is 0. The van der Waals surface area contributed by atoms with E-state index in [9.17, 15) is 4.79 Å². The predicted molar refractivity (Wildman–Crippen MR) is 36.5 cm³/mol. The third-order valence-corrected chi connectivity index (χ3v) is 1.63. The molecule has 0 fully saturated rings. The molecule has 0 saturated heterocycles. The molecule has 0 aromatic carbocycles. The molecule has 0 amide bonds. The molecule has 9 heavy (non-hydrogen) atoms. The third-order valence-electron chi connectivity index (χ3n) is 0.655. The Hall–Kier alpha value is -0.613. The second-order valence-electron chi connectivity index (χ2n) is 1.28. The van der Waals surface area contributed by atoms with Gasteiger partial charge in [-0.1, -0.05) is 6.58 Å². The molecule has 0 radical (unpaired) electrons. The summed E-state index contributed by atoms with van der Waals surface area (Å²) in [7, 11) is -1.07. The quantitative estimate of drug-likeness (QED) is 0.312. The van der Waals surface area contributed by atoms with E-state index in [0.717, 1.165) is 6.08 Å². The minimum absolute atomic E-state index is 0.393. The lowest BCUT2D eigenvalue weighted by atomic mass is 10.7. The smallest absolute Gasteiger partial charge is 0.369 e. The Bertz CT molecular complexity index is 102. The van der Waals surface area contributed by atoms with Crippen LogP contribution in [0.25, 0.3) is 0 Å². The molecule has 0 aliphatic heterocycles. The minimum Gasteiger partial charge on any atom is -0.496 e. The van der Waals surface area contributed by atoms with Crippen molar-refractivity contribution < 1.29 is 13.6 Å². The Morgan fingerprint density at radius 1 is 1.89 bits per heavy atom. The molecule has 0 aromatic rings. The van der Waals surface area contributed by atoms with Crippen LogP contribution in [0, 0.1) is 0 Å². The summed E-state index contributed by atoms with van der Waals surface area (Å²) in [5.74, 6) is -0.393. The largest absolute Gasteiger partial charge is 0.496 e. The van der Waals surface area contributed by atoms with Crippen molar-refractivity contribution in [3.63, 3.8) is 0 Å². The maximum Gasteiger partial charge on any atom is 0.369 e. The van der Waals surface area contributed by atoms with E-state index in [0.29, 0.717) is 6.61 Å². The Balaban J connectivity index is 3.07. The highest BCUT2D eigenvalue weighted by atomic mass is 28.3. The Labute approximate surface area is 56.7 Å². The molecule has 52 valence electrons. The molecule has 0 saturated carbocycles. The van der Waals surface area contributed by atoms with Gasteiger partial charge in [0, 0.05) is 12.7 Å². The molecule has 0 spiro atoms. The van der Waals surface area contributed by atoms with Crippen LogP contribution >= 0.6 is 0 Å². The zero-order chi connectivity index (χ0) is 7.11. The summed E-state index contributed by atoms with van der Waals surface area (Å²) in [6, 6.07) is 0. The van der Waals surface area contributed by atoms with Crippen LogP contribution in [0.1, 0.15) is 6.92 Å². The molecule has 0 aromatic heterocycles. The maximum absolute atomic E-state index is 10.3. The van der Waals surface area contributed by atoms with Gasteiger partial charge in [0.2, 0.25) is 0 Å². The van der Waals surface area contributed by atoms with Crippen molar-refractivity contribution in [3.05, 3.63) is 12.7 Å².